The van der Waals surface area contributed by atoms with Crippen LogP contribution in [-0.2, 0) is 0 Å². The third-order valence-corrected chi connectivity index (χ3v) is 3.45. The van der Waals surface area contributed by atoms with Gasteiger partial charge in [-0.05, 0) is 47.5 Å². The number of aromatic nitrogens is 2. The zero-order chi connectivity index (χ0) is 14.9. The maximum Gasteiger partial charge on any atom is 0.250 e. The summed E-state index contributed by atoms with van der Waals surface area (Å²) in [6.07, 6.45) is 0. The van der Waals surface area contributed by atoms with Crippen LogP contribution in [0.4, 0.5) is 4.39 Å². The Balaban J connectivity index is 2.51. The van der Waals surface area contributed by atoms with Gasteiger partial charge in [-0.15, -0.1) is 5.10 Å². The van der Waals surface area contributed by atoms with Gasteiger partial charge in [0, 0.05) is 6.07 Å². The number of amidine groups is 1. The van der Waals surface area contributed by atoms with Crippen molar-refractivity contribution >= 4 is 21.8 Å². The molecule has 0 aliphatic heterocycles. The van der Waals surface area contributed by atoms with E-state index in [-0.39, 0.29) is 17.5 Å². The molecule has 20 heavy (non-hydrogen) atoms. The predicted octanol–water partition coefficient (Wildman–Crippen LogP) is 3.07. The number of nitrogens with zero attached hydrogens (tertiary/aromatic N) is 2. The summed E-state index contributed by atoms with van der Waals surface area (Å²) < 4.78 is 19.3. The van der Waals surface area contributed by atoms with Gasteiger partial charge in [-0.3, -0.25) is 5.41 Å². The van der Waals surface area contributed by atoms with Gasteiger partial charge in [0.05, 0.1) is 15.7 Å². The number of nitrogens with one attached hydrogen (secondary N) is 1. The van der Waals surface area contributed by atoms with Crippen molar-refractivity contribution in [2.75, 3.05) is 0 Å². The van der Waals surface area contributed by atoms with Crippen molar-refractivity contribution < 1.29 is 9.13 Å². The fourth-order valence-corrected chi connectivity index (χ4v) is 1.96. The molecule has 0 fully saturated rings. The van der Waals surface area contributed by atoms with E-state index in [1.54, 1.807) is 13.8 Å². The van der Waals surface area contributed by atoms with Crippen molar-refractivity contribution in [1.29, 1.82) is 5.41 Å². The number of nitrogen functional groups attached to an aromatic ring is 1. The Morgan fingerprint density at radius 2 is 2.05 bits per heavy atom. The van der Waals surface area contributed by atoms with Gasteiger partial charge in [-0.25, -0.2) is 4.39 Å². The number of hydrogen-bond acceptors (Lipinski definition) is 4. The standard InChI is InChI=1S/C13H12BrFN4O/c1-6-7(2)18-19-13(11(6)12(16)17)20-10-5-8(15)3-4-9(10)14/h3-5H,1-2H3,(H3,16,17). The molecular weight excluding hydrogens is 327 g/mol. The predicted molar refractivity (Wildman–Crippen MR) is 76.7 cm³/mol. The molecule has 2 aromatic rings. The summed E-state index contributed by atoms with van der Waals surface area (Å²) in [7, 11) is 0. The zero-order valence-electron chi connectivity index (χ0n) is 10.9. The van der Waals surface area contributed by atoms with E-state index in [2.05, 4.69) is 26.1 Å². The highest BCUT2D eigenvalue weighted by Gasteiger charge is 2.17. The summed E-state index contributed by atoms with van der Waals surface area (Å²) in [6, 6.07) is 4.03. The third-order valence-electron chi connectivity index (χ3n) is 2.79. The Morgan fingerprint density at radius 1 is 1.35 bits per heavy atom. The molecule has 3 N–H and O–H groups in total. The van der Waals surface area contributed by atoms with Gasteiger partial charge in [-0.1, -0.05) is 0 Å². The topological polar surface area (TPSA) is 84.9 Å². The van der Waals surface area contributed by atoms with E-state index in [1.165, 1.54) is 18.2 Å². The smallest absolute Gasteiger partial charge is 0.250 e. The molecule has 0 saturated carbocycles. The number of benzene rings is 1. The summed E-state index contributed by atoms with van der Waals surface area (Å²) in [5.74, 6) is -0.302. The van der Waals surface area contributed by atoms with Gasteiger partial charge in [0.25, 0.3) is 0 Å². The molecule has 0 spiro atoms. The van der Waals surface area contributed by atoms with Crippen LogP contribution in [0.2, 0.25) is 0 Å². The minimum atomic E-state index is -0.440. The lowest BCUT2D eigenvalue weighted by Crippen LogP contribution is -2.16. The molecule has 0 bridgehead atoms. The molecule has 1 aromatic heterocycles. The second-order valence-electron chi connectivity index (χ2n) is 4.18. The summed E-state index contributed by atoms with van der Waals surface area (Å²) in [4.78, 5) is 0. The molecule has 1 heterocycles. The van der Waals surface area contributed by atoms with Gasteiger partial charge in [-0.2, -0.15) is 5.10 Å². The summed E-state index contributed by atoms with van der Waals surface area (Å²) in [5.41, 5.74) is 7.27. The van der Waals surface area contributed by atoms with E-state index >= 15 is 0 Å². The van der Waals surface area contributed by atoms with Crippen LogP contribution in [0.15, 0.2) is 22.7 Å². The van der Waals surface area contributed by atoms with Crippen LogP contribution in [0.5, 0.6) is 11.6 Å². The average Bonchev–Trinajstić information content (AvgIpc) is 2.38. The Kier molecular flexibility index (Phi) is 3.99. The normalized spacial score (nSPS) is 10.4. The maximum atomic E-state index is 13.2. The largest absolute Gasteiger partial charge is 0.436 e. The van der Waals surface area contributed by atoms with Crippen molar-refractivity contribution in [1.82, 2.24) is 10.2 Å². The van der Waals surface area contributed by atoms with E-state index in [0.29, 0.717) is 21.3 Å². The van der Waals surface area contributed by atoms with E-state index < -0.39 is 5.82 Å². The van der Waals surface area contributed by atoms with Crippen molar-refractivity contribution in [3.8, 4) is 11.6 Å². The van der Waals surface area contributed by atoms with Crippen molar-refractivity contribution in [2.24, 2.45) is 5.73 Å². The first-order valence-electron chi connectivity index (χ1n) is 5.71. The quantitative estimate of drug-likeness (QED) is 0.665. The number of halogens is 2. The lowest BCUT2D eigenvalue weighted by molar-refractivity contribution is 0.445. The third kappa shape index (κ3) is 2.77. The SMILES string of the molecule is Cc1nnc(Oc2cc(F)ccc2Br)c(C(=N)N)c1C. The molecule has 0 saturated heterocycles. The number of ether oxygens (including phenoxy) is 1. The highest BCUT2D eigenvalue weighted by Crippen LogP contribution is 2.31. The monoisotopic (exact) mass is 338 g/mol. The molecule has 0 amide bonds. The first-order chi connectivity index (χ1) is 9.40. The Morgan fingerprint density at radius 3 is 2.70 bits per heavy atom. The van der Waals surface area contributed by atoms with Gasteiger partial charge in [0.15, 0.2) is 0 Å². The molecule has 2 rings (SSSR count). The second kappa shape index (κ2) is 5.54. The molecular formula is C13H12BrFN4O. The highest BCUT2D eigenvalue weighted by molar-refractivity contribution is 9.10. The Bertz CT molecular complexity index is 690. The average molecular weight is 339 g/mol. The molecule has 5 nitrogen and oxygen atoms in total. The Labute approximate surface area is 123 Å². The van der Waals surface area contributed by atoms with Gasteiger partial charge in [0.1, 0.15) is 17.4 Å². The summed E-state index contributed by atoms with van der Waals surface area (Å²) in [5, 5.41) is 15.4. The molecule has 0 aliphatic rings. The molecule has 104 valence electrons. The second-order valence-corrected chi connectivity index (χ2v) is 5.04. The van der Waals surface area contributed by atoms with Gasteiger partial charge in [0.2, 0.25) is 5.88 Å². The van der Waals surface area contributed by atoms with E-state index in [4.69, 9.17) is 15.9 Å². The van der Waals surface area contributed by atoms with Crippen molar-refractivity contribution in [3.63, 3.8) is 0 Å². The van der Waals surface area contributed by atoms with Crippen LogP contribution in [0.1, 0.15) is 16.8 Å². The fraction of sp³-hybridized carbons (Fsp3) is 0.154. The molecule has 0 atom stereocenters. The minimum Gasteiger partial charge on any atom is -0.436 e. The van der Waals surface area contributed by atoms with Crippen molar-refractivity contribution in [2.45, 2.75) is 13.8 Å². The van der Waals surface area contributed by atoms with E-state index in [1.807, 2.05) is 0 Å². The van der Waals surface area contributed by atoms with Crippen LogP contribution < -0.4 is 10.5 Å². The number of aryl methyl sites for hydroxylation is 1. The molecule has 0 radical (unpaired) electrons. The molecule has 7 heteroatoms. The zero-order valence-corrected chi connectivity index (χ0v) is 12.5. The van der Waals surface area contributed by atoms with Crippen molar-refractivity contribution in [3.05, 3.63) is 45.3 Å². The first kappa shape index (κ1) is 14.4. The van der Waals surface area contributed by atoms with Crippen LogP contribution in [0.25, 0.3) is 0 Å². The van der Waals surface area contributed by atoms with Crippen LogP contribution in [-0.4, -0.2) is 16.0 Å². The molecule has 1 aromatic carbocycles. The van der Waals surface area contributed by atoms with E-state index in [0.717, 1.165) is 0 Å². The van der Waals surface area contributed by atoms with Crippen LogP contribution in [0.3, 0.4) is 0 Å². The summed E-state index contributed by atoms with van der Waals surface area (Å²) in [6.45, 7) is 3.53. The minimum absolute atomic E-state index is 0.0758. The van der Waals surface area contributed by atoms with Crippen LogP contribution >= 0.6 is 15.9 Å². The maximum absolute atomic E-state index is 13.2. The molecule has 0 unspecified atom stereocenters. The fourth-order valence-electron chi connectivity index (χ4n) is 1.63. The van der Waals surface area contributed by atoms with Gasteiger partial charge >= 0.3 is 0 Å². The van der Waals surface area contributed by atoms with Gasteiger partial charge < -0.3 is 10.5 Å². The molecule has 0 aliphatic carbocycles. The summed E-state index contributed by atoms with van der Waals surface area (Å²) >= 11 is 3.26. The number of rotatable bonds is 3. The lowest BCUT2D eigenvalue weighted by Gasteiger charge is -2.13. The first-order valence-corrected chi connectivity index (χ1v) is 6.50. The van der Waals surface area contributed by atoms with Crippen LogP contribution in [0, 0.1) is 25.1 Å². The number of hydrogen-bond donors (Lipinski definition) is 2. The van der Waals surface area contributed by atoms with E-state index in [9.17, 15) is 4.39 Å². The highest BCUT2D eigenvalue weighted by atomic mass is 79.9. The lowest BCUT2D eigenvalue weighted by atomic mass is 10.1. The Hall–Kier alpha value is -2.02. The number of nitrogens with two attached hydrogens (primary N) is 1.